The molecular weight excluding hydrogens is 154 g/mol. The largest absolute Gasteiger partial charge is 0.481 e. The highest BCUT2D eigenvalue weighted by Crippen LogP contribution is 1.88. The van der Waals surface area contributed by atoms with Gasteiger partial charge in [-0.3, -0.25) is 9.59 Å². The number of amides is 2. The highest BCUT2D eigenvalue weighted by molar-refractivity contribution is 5.79. The first-order valence-corrected chi connectivity index (χ1v) is 2.74. The van der Waals surface area contributed by atoms with E-state index in [1.165, 1.54) is 0 Å². The van der Waals surface area contributed by atoms with E-state index in [9.17, 15) is 14.4 Å². The van der Waals surface area contributed by atoms with E-state index >= 15 is 0 Å². The fourth-order valence-electron chi connectivity index (χ4n) is 0.410. The predicted octanol–water partition coefficient (Wildman–Crippen LogP) is -0.402. The van der Waals surface area contributed by atoms with E-state index < -0.39 is 12.1 Å². The van der Waals surface area contributed by atoms with Crippen LogP contribution in [-0.2, 0) is 9.59 Å². The van der Waals surface area contributed by atoms with Gasteiger partial charge in [-0.2, -0.15) is 0 Å². The summed E-state index contributed by atoms with van der Waals surface area (Å²) in [5, 5.41) is 16.3. The molecule has 0 aliphatic rings. The first-order chi connectivity index (χ1) is 5.07. The zero-order chi connectivity index (χ0) is 8.85. The minimum atomic E-state index is -1.44. The van der Waals surface area contributed by atoms with Crippen molar-refractivity contribution in [3.8, 4) is 0 Å². The Hall–Kier alpha value is -1.59. The van der Waals surface area contributed by atoms with E-state index in [1.807, 2.05) is 0 Å². The smallest absolute Gasteiger partial charge is 0.413 e. The van der Waals surface area contributed by atoms with Gasteiger partial charge in [0, 0.05) is 6.54 Å². The monoisotopic (exact) mass is 161 g/mol. The Morgan fingerprint density at radius 2 is 1.91 bits per heavy atom. The lowest BCUT2D eigenvalue weighted by atomic mass is 10.4. The third-order valence-corrected chi connectivity index (χ3v) is 0.940. The van der Waals surface area contributed by atoms with Gasteiger partial charge in [-0.1, -0.05) is 0 Å². The van der Waals surface area contributed by atoms with Gasteiger partial charge in [0.25, 0.3) is 0 Å². The van der Waals surface area contributed by atoms with Crippen LogP contribution in [0.2, 0.25) is 0 Å². The van der Waals surface area contributed by atoms with Gasteiger partial charge in [-0.15, -0.1) is 0 Å². The van der Waals surface area contributed by atoms with Crippen molar-refractivity contribution in [1.29, 1.82) is 0 Å². The van der Waals surface area contributed by atoms with E-state index in [2.05, 4.69) is 0 Å². The second-order valence-electron chi connectivity index (χ2n) is 1.73. The highest BCUT2D eigenvalue weighted by atomic mass is 16.4. The molecule has 0 aliphatic carbocycles. The first kappa shape index (κ1) is 9.41. The zero-order valence-electron chi connectivity index (χ0n) is 5.56. The van der Waals surface area contributed by atoms with Gasteiger partial charge in [-0.05, 0) is 0 Å². The first-order valence-electron chi connectivity index (χ1n) is 2.74. The lowest BCUT2D eigenvalue weighted by Gasteiger charge is -2.07. The van der Waals surface area contributed by atoms with Gasteiger partial charge in [0.1, 0.15) is 0 Å². The Bertz CT molecular complexity index is 178. The highest BCUT2D eigenvalue weighted by Gasteiger charge is 2.10. The Labute approximate surface area is 62.0 Å². The standard InChI is InChI=1S/C5H7NO5/c7-3-6(5(10)11)2-1-4(8)9/h3H,1-2H2,(H,8,9)(H,10,11). The number of rotatable bonds is 4. The molecule has 0 spiro atoms. The number of carboxylic acid groups (broad SMARTS) is 2. The molecule has 0 saturated heterocycles. The van der Waals surface area contributed by atoms with Crippen LogP contribution in [0.5, 0.6) is 0 Å². The summed E-state index contributed by atoms with van der Waals surface area (Å²) in [6.45, 7) is -0.311. The summed E-state index contributed by atoms with van der Waals surface area (Å²) in [5.74, 6) is -1.14. The number of imide groups is 1. The minimum Gasteiger partial charge on any atom is -0.481 e. The van der Waals surface area contributed by atoms with E-state index in [-0.39, 0.29) is 19.4 Å². The van der Waals surface area contributed by atoms with Gasteiger partial charge in [0.05, 0.1) is 6.42 Å². The molecule has 0 heterocycles. The molecule has 0 aliphatic heterocycles. The van der Waals surface area contributed by atoms with Crippen molar-refractivity contribution < 1.29 is 24.6 Å². The Morgan fingerprint density at radius 3 is 2.18 bits per heavy atom. The van der Waals surface area contributed by atoms with Gasteiger partial charge >= 0.3 is 12.1 Å². The molecule has 62 valence electrons. The summed E-state index contributed by atoms with van der Waals surface area (Å²) in [6, 6.07) is 0. The second kappa shape index (κ2) is 4.26. The van der Waals surface area contributed by atoms with Crippen molar-refractivity contribution in [3.05, 3.63) is 0 Å². The van der Waals surface area contributed by atoms with Gasteiger partial charge in [0.15, 0.2) is 0 Å². The number of hydrogen-bond donors (Lipinski definition) is 2. The van der Waals surface area contributed by atoms with E-state index in [4.69, 9.17) is 10.2 Å². The summed E-state index contributed by atoms with van der Waals surface area (Å²) in [6.07, 6.45) is -1.74. The number of carboxylic acids is 1. The lowest BCUT2D eigenvalue weighted by molar-refractivity contribution is -0.137. The molecule has 0 atom stereocenters. The topological polar surface area (TPSA) is 94.9 Å². The molecule has 0 unspecified atom stereocenters. The molecule has 11 heavy (non-hydrogen) atoms. The van der Waals surface area contributed by atoms with E-state index in [0.717, 1.165) is 0 Å². The molecule has 6 nitrogen and oxygen atoms in total. The van der Waals surface area contributed by atoms with Gasteiger partial charge in [0.2, 0.25) is 6.41 Å². The maximum Gasteiger partial charge on any atom is 0.413 e. The molecule has 2 amide bonds. The molecule has 6 heteroatoms. The van der Waals surface area contributed by atoms with Crippen LogP contribution in [0.3, 0.4) is 0 Å². The molecule has 2 N–H and O–H groups in total. The van der Waals surface area contributed by atoms with Crippen LogP contribution in [0.15, 0.2) is 0 Å². The normalized spacial score (nSPS) is 8.73. The SMILES string of the molecule is O=CN(CCC(=O)O)C(=O)O. The molecule has 0 fully saturated rings. The quantitative estimate of drug-likeness (QED) is 0.547. The molecule has 0 aromatic heterocycles. The fourth-order valence-corrected chi connectivity index (χ4v) is 0.410. The van der Waals surface area contributed by atoms with Crippen LogP contribution in [0.25, 0.3) is 0 Å². The Balaban J connectivity index is 3.79. The maximum atomic E-state index is 10.0. The number of nitrogens with zero attached hydrogens (tertiary/aromatic N) is 1. The van der Waals surface area contributed by atoms with E-state index in [0.29, 0.717) is 4.90 Å². The Morgan fingerprint density at radius 1 is 1.36 bits per heavy atom. The number of aliphatic carboxylic acids is 1. The predicted molar refractivity (Wildman–Crippen MR) is 33.0 cm³/mol. The average molecular weight is 161 g/mol. The van der Waals surface area contributed by atoms with Crippen molar-refractivity contribution in [2.75, 3.05) is 6.54 Å². The summed E-state index contributed by atoms with van der Waals surface area (Å²) in [5.41, 5.74) is 0. The van der Waals surface area contributed by atoms with Gasteiger partial charge in [-0.25, -0.2) is 9.69 Å². The third kappa shape index (κ3) is 3.90. The molecule has 0 saturated carbocycles. The van der Waals surface area contributed by atoms with Gasteiger partial charge < -0.3 is 10.2 Å². The van der Waals surface area contributed by atoms with Crippen LogP contribution in [0.4, 0.5) is 4.79 Å². The van der Waals surface area contributed by atoms with Crippen molar-refractivity contribution in [2.45, 2.75) is 6.42 Å². The lowest BCUT2D eigenvalue weighted by Crippen LogP contribution is -2.30. The fraction of sp³-hybridized carbons (Fsp3) is 0.400. The number of carbonyl (C=O) groups is 3. The zero-order valence-corrected chi connectivity index (χ0v) is 5.56. The number of carbonyl (C=O) groups excluding carboxylic acids is 1. The summed E-state index contributed by atoms with van der Waals surface area (Å²) < 4.78 is 0. The molecule has 0 aromatic rings. The Kier molecular flexibility index (Phi) is 3.65. The number of hydrogen-bond acceptors (Lipinski definition) is 3. The van der Waals surface area contributed by atoms with Crippen molar-refractivity contribution in [2.24, 2.45) is 0 Å². The molecule has 0 bridgehead atoms. The molecule has 0 aromatic carbocycles. The average Bonchev–Trinajstić information content (AvgIpc) is 1.87. The summed E-state index contributed by atoms with van der Waals surface area (Å²) in [4.78, 5) is 30.2. The summed E-state index contributed by atoms with van der Waals surface area (Å²) in [7, 11) is 0. The minimum absolute atomic E-state index is 0.0747. The van der Waals surface area contributed by atoms with Crippen LogP contribution in [0.1, 0.15) is 6.42 Å². The van der Waals surface area contributed by atoms with Crippen LogP contribution < -0.4 is 0 Å². The van der Waals surface area contributed by atoms with Crippen molar-refractivity contribution >= 4 is 18.5 Å². The third-order valence-electron chi connectivity index (χ3n) is 0.940. The van der Waals surface area contributed by atoms with Crippen molar-refractivity contribution in [1.82, 2.24) is 4.90 Å². The molecular formula is C5H7NO5. The maximum absolute atomic E-state index is 10.0. The van der Waals surface area contributed by atoms with Crippen LogP contribution >= 0.6 is 0 Å². The molecule has 0 radical (unpaired) electrons. The summed E-state index contributed by atoms with van der Waals surface area (Å²) >= 11 is 0. The van der Waals surface area contributed by atoms with Crippen LogP contribution in [-0.4, -0.2) is 40.1 Å². The molecule has 0 rings (SSSR count). The van der Waals surface area contributed by atoms with E-state index in [1.54, 1.807) is 0 Å². The van der Waals surface area contributed by atoms with Crippen LogP contribution in [0, 0.1) is 0 Å². The second-order valence-corrected chi connectivity index (χ2v) is 1.73. The van der Waals surface area contributed by atoms with Crippen molar-refractivity contribution in [3.63, 3.8) is 0 Å².